The van der Waals surface area contributed by atoms with Crippen LogP contribution >= 0.6 is 11.6 Å². The maximum atomic E-state index is 12.7. The lowest BCUT2D eigenvalue weighted by Gasteiger charge is -2.15. The highest BCUT2D eigenvalue weighted by atomic mass is 35.5. The Kier molecular flexibility index (Phi) is 6.41. The van der Waals surface area contributed by atoms with Gasteiger partial charge in [-0.2, -0.15) is 0 Å². The van der Waals surface area contributed by atoms with Gasteiger partial charge in [0.05, 0.1) is 46.3 Å². The van der Waals surface area contributed by atoms with E-state index in [2.05, 4.69) is 5.32 Å². The van der Waals surface area contributed by atoms with E-state index in [1.165, 1.54) is 35.5 Å². The van der Waals surface area contributed by atoms with Gasteiger partial charge in [0, 0.05) is 11.6 Å². The largest absolute Gasteiger partial charge is 0.495 e. The van der Waals surface area contributed by atoms with Gasteiger partial charge >= 0.3 is 0 Å². The summed E-state index contributed by atoms with van der Waals surface area (Å²) >= 11 is 6.13. The van der Waals surface area contributed by atoms with E-state index >= 15 is 0 Å². The van der Waals surface area contributed by atoms with Gasteiger partial charge in [-0.1, -0.05) is 11.6 Å². The van der Waals surface area contributed by atoms with Crippen molar-refractivity contribution in [2.45, 2.75) is 0 Å². The highest BCUT2D eigenvalue weighted by Crippen LogP contribution is 2.39. The average Bonchev–Trinajstić information content (AvgIpc) is 2.66. The first-order valence-electron chi connectivity index (χ1n) is 7.51. The molecule has 2 rings (SSSR count). The van der Waals surface area contributed by atoms with E-state index in [4.69, 9.17) is 35.3 Å². The van der Waals surface area contributed by atoms with Crippen molar-refractivity contribution in [2.75, 3.05) is 40.9 Å². The normalized spacial score (nSPS) is 10.1. The van der Waals surface area contributed by atoms with E-state index in [0.29, 0.717) is 45.0 Å². The molecule has 0 spiro atoms. The second-order valence-electron chi connectivity index (χ2n) is 5.06. The lowest BCUT2D eigenvalue weighted by atomic mass is 10.1. The first kappa shape index (κ1) is 19.5. The van der Waals surface area contributed by atoms with Gasteiger partial charge in [-0.15, -0.1) is 0 Å². The minimum absolute atomic E-state index is 0.313. The molecular weight excluding hydrogens is 362 g/mol. The maximum Gasteiger partial charge on any atom is 0.256 e. The first-order valence-corrected chi connectivity index (χ1v) is 7.89. The van der Waals surface area contributed by atoms with Crippen molar-refractivity contribution >= 4 is 23.2 Å². The maximum absolute atomic E-state index is 12.7. The van der Waals surface area contributed by atoms with Gasteiger partial charge in [0.2, 0.25) is 5.75 Å². The number of carbonyl (C=O) groups excluding carboxylic acids is 1. The molecule has 0 fully saturated rings. The highest BCUT2D eigenvalue weighted by molar-refractivity contribution is 6.32. The molecule has 0 aliphatic heterocycles. The smallest absolute Gasteiger partial charge is 0.256 e. The Bertz CT molecular complexity index is 784. The van der Waals surface area contributed by atoms with Crippen LogP contribution in [0.1, 0.15) is 10.4 Å². The summed E-state index contributed by atoms with van der Waals surface area (Å²) in [6.45, 7) is 0. The number of benzene rings is 2. The van der Waals surface area contributed by atoms with Crippen molar-refractivity contribution in [3.05, 3.63) is 34.9 Å². The van der Waals surface area contributed by atoms with Crippen LogP contribution in [0, 0.1) is 0 Å². The van der Waals surface area contributed by atoms with Crippen molar-refractivity contribution in [1.29, 1.82) is 0 Å². The van der Waals surface area contributed by atoms with Crippen LogP contribution in [-0.4, -0.2) is 41.5 Å². The number of amides is 1. The molecule has 2 aromatic carbocycles. The standard InChI is InChI=1S/C18H20ClNO6/c1-22-13-9-14(23-2)12(8-11(13)19)20-18(21)10-6-15(24-3)17(26-5)16(7-10)25-4/h6-9H,1-5H3,(H,20,21). The zero-order valence-corrected chi connectivity index (χ0v) is 15.9. The number of anilines is 1. The summed E-state index contributed by atoms with van der Waals surface area (Å²) in [5.74, 6) is 1.59. The molecule has 0 aliphatic rings. The van der Waals surface area contributed by atoms with Crippen molar-refractivity contribution in [2.24, 2.45) is 0 Å². The van der Waals surface area contributed by atoms with E-state index < -0.39 is 5.91 Å². The molecule has 2 aromatic rings. The zero-order chi connectivity index (χ0) is 19.3. The fraction of sp³-hybridized carbons (Fsp3) is 0.278. The molecule has 26 heavy (non-hydrogen) atoms. The summed E-state index contributed by atoms with van der Waals surface area (Å²) in [6, 6.07) is 6.24. The Hall–Kier alpha value is -2.80. The number of hydrogen-bond donors (Lipinski definition) is 1. The molecule has 1 amide bonds. The van der Waals surface area contributed by atoms with Gasteiger partial charge < -0.3 is 29.0 Å². The Balaban J connectivity index is 2.40. The fourth-order valence-electron chi connectivity index (χ4n) is 2.36. The molecule has 0 saturated carbocycles. The van der Waals surface area contributed by atoms with Gasteiger partial charge in [-0.3, -0.25) is 4.79 Å². The molecule has 8 heteroatoms. The molecule has 0 aromatic heterocycles. The molecular formula is C18H20ClNO6. The summed E-state index contributed by atoms with van der Waals surface area (Å²) in [7, 11) is 7.42. The van der Waals surface area contributed by atoms with Gasteiger partial charge in [0.15, 0.2) is 11.5 Å². The van der Waals surface area contributed by atoms with Crippen molar-refractivity contribution in [3.8, 4) is 28.7 Å². The van der Waals surface area contributed by atoms with E-state index in [9.17, 15) is 4.79 Å². The van der Waals surface area contributed by atoms with Gasteiger partial charge in [-0.05, 0) is 18.2 Å². The Morgan fingerprint density at radius 3 is 1.77 bits per heavy atom. The minimum Gasteiger partial charge on any atom is -0.495 e. The predicted molar refractivity (Wildman–Crippen MR) is 98.6 cm³/mol. The second-order valence-corrected chi connectivity index (χ2v) is 5.46. The molecule has 0 bridgehead atoms. The molecule has 0 unspecified atom stereocenters. The van der Waals surface area contributed by atoms with Crippen LogP contribution < -0.4 is 29.0 Å². The third-order valence-electron chi connectivity index (χ3n) is 3.65. The molecule has 0 radical (unpaired) electrons. The van der Waals surface area contributed by atoms with Crippen molar-refractivity contribution < 1.29 is 28.5 Å². The Morgan fingerprint density at radius 1 is 0.769 bits per heavy atom. The third kappa shape index (κ3) is 3.88. The Labute approximate surface area is 156 Å². The summed E-state index contributed by atoms with van der Waals surface area (Å²) in [5.41, 5.74) is 0.713. The van der Waals surface area contributed by atoms with Gasteiger partial charge in [0.1, 0.15) is 11.5 Å². The molecule has 1 N–H and O–H groups in total. The number of hydrogen-bond acceptors (Lipinski definition) is 6. The fourth-order valence-corrected chi connectivity index (χ4v) is 2.61. The number of ether oxygens (including phenoxy) is 5. The van der Waals surface area contributed by atoms with E-state index in [1.54, 1.807) is 24.3 Å². The number of halogens is 1. The molecule has 0 heterocycles. The van der Waals surface area contributed by atoms with Crippen molar-refractivity contribution in [1.82, 2.24) is 0 Å². The monoisotopic (exact) mass is 381 g/mol. The number of rotatable bonds is 7. The summed E-state index contributed by atoms with van der Waals surface area (Å²) in [5, 5.41) is 3.10. The molecule has 0 atom stereocenters. The SMILES string of the molecule is COc1cc(OC)c(NC(=O)c2cc(OC)c(OC)c(OC)c2)cc1Cl. The third-order valence-corrected chi connectivity index (χ3v) is 3.94. The number of methoxy groups -OCH3 is 5. The molecule has 140 valence electrons. The lowest BCUT2D eigenvalue weighted by Crippen LogP contribution is -2.13. The minimum atomic E-state index is -0.399. The van der Waals surface area contributed by atoms with Crippen LogP contribution in [0.15, 0.2) is 24.3 Å². The van der Waals surface area contributed by atoms with E-state index in [-0.39, 0.29) is 0 Å². The quantitative estimate of drug-likeness (QED) is 0.789. The summed E-state index contributed by atoms with van der Waals surface area (Å²) < 4.78 is 26.2. The van der Waals surface area contributed by atoms with Crippen LogP contribution in [0.4, 0.5) is 5.69 Å². The number of carbonyl (C=O) groups is 1. The van der Waals surface area contributed by atoms with Crippen LogP contribution in [0.2, 0.25) is 5.02 Å². The first-order chi connectivity index (χ1) is 12.5. The summed E-state index contributed by atoms with van der Waals surface area (Å²) in [6.07, 6.45) is 0. The predicted octanol–water partition coefficient (Wildman–Crippen LogP) is 3.64. The molecule has 0 saturated heterocycles. The van der Waals surface area contributed by atoms with E-state index in [1.807, 2.05) is 0 Å². The second kappa shape index (κ2) is 8.53. The van der Waals surface area contributed by atoms with Gasteiger partial charge in [0.25, 0.3) is 5.91 Å². The zero-order valence-electron chi connectivity index (χ0n) is 15.1. The highest BCUT2D eigenvalue weighted by Gasteiger charge is 2.19. The topological polar surface area (TPSA) is 75.3 Å². The molecule has 7 nitrogen and oxygen atoms in total. The van der Waals surface area contributed by atoms with Crippen LogP contribution in [0.3, 0.4) is 0 Å². The summed E-state index contributed by atoms with van der Waals surface area (Å²) in [4.78, 5) is 12.7. The number of nitrogens with one attached hydrogen (secondary N) is 1. The van der Waals surface area contributed by atoms with Crippen LogP contribution in [0.5, 0.6) is 28.7 Å². The Morgan fingerprint density at radius 2 is 1.31 bits per heavy atom. The van der Waals surface area contributed by atoms with Crippen LogP contribution in [-0.2, 0) is 0 Å². The average molecular weight is 382 g/mol. The lowest BCUT2D eigenvalue weighted by molar-refractivity contribution is 0.102. The molecule has 0 aliphatic carbocycles. The van der Waals surface area contributed by atoms with Crippen molar-refractivity contribution in [3.63, 3.8) is 0 Å². The van der Waals surface area contributed by atoms with Crippen LogP contribution in [0.25, 0.3) is 0 Å². The van der Waals surface area contributed by atoms with Gasteiger partial charge in [-0.25, -0.2) is 0 Å². The van der Waals surface area contributed by atoms with E-state index in [0.717, 1.165) is 0 Å².